The Morgan fingerprint density at radius 1 is 0.949 bits per heavy atom. The van der Waals surface area contributed by atoms with Gasteiger partial charge in [-0.15, -0.1) is 0 Å². The predicted octanol–water partition coefficient (Wildman–Crippen LogP) is 7.16. The van der Waals surface area contributed by atoms with Crippen LogP contribution < -0.4 is 5.32 Å². The number of halogens is 1. The van der Waals surface area contributed by atoms with Gasteiger partial charge in [0.05, 0.1) is 31.6 Å². The number of hydrogen-bond donors (Lipinski definition) is 1. The summed E-state index contributed by atoms with van der Waals surface area (Å²) < 4.78 is 38.8. The Balaban J connectivity index is 1.47. The highest BCUT2D eigenvalue weighted by Crippen LogP contribution is 2.51. The van der Waals surface area contributed by atoms with Gasteiger partial charge in [-0.2, -0.15) is 5.10 Å². The lowest BCUT2D eigenvalue weighted by Crippen LogP contribution is -2.07. The van der Waals surface area contributed by atoms with Crippen LogP contribution in [0.3, 0.4) is 0 Å². The number of nitrogens with zero attached hydrogens (tertiary/aromatic N) is 2. The third kappa shape index (κ3) is 8.07. The van der Waals surface area contributed by atoms with Crippen LogP contribution in [-0.2, 0) is 31.1 Å². The molecule has 0 aliphatic heterocycles. The summed E-state index contributed by atoms with van der Waals surface area (Å²) in [7, 11) is -3.21. The number of carbonyl (C=O) groups excluding carboxylic acids is 1. The Morgan fingerprint density at radius 2 is 1.62 bits per heavy atom. The highest BCUT2D eigenvalue weighted by Gasteiger charge is 2.23. The average molecular weight is 548 g/mol. The molecule has 4 aromatic rings. The van der Waals surface area contributed by atoms with E-state index >= 15 is 0 Å². The normalized spacial score (nSPS) is 11.7. The van der Waals surface area contributed by atoms with Crippen LogP contribution in [0.1, 0.15) is 30.5 Å². The van der Waals surface area contributed by atoms with Gasteiger partial charge in [-0.3, -0.25) is 14.0 Å². The molecule has 202 valence electrons. The number of carbonyl (C=O) groups is 1. The first-order valence-electron chi connectivity index (χ1n) is 12.7. The van der Waals surface area contributed by atoms with Crippen LogP contribution >= 0.6 is 7.60 Å². The maximum absolute atomic E-state index is 13.5. The zero-order valence-electron chi connectivity index (χ0n) is 21.9. The van der Waals surface area contributed by atoms with E-state index in [1.807, 2.05) is 36.5 Å². The molecule has 39 heavy (non-hydrogen) atoms. The number of nitrogens with one attached hydrogen (secondary N) is 1. The largest absolute Gasteiger partial charge is 0.335 e. The summed E-state index contributed by atoms with van der Waals surface area (Å²) in [5, 5.41) is 7.53. The lowest BCUT2D eigenvalue weighted by atomic mass is 10.1. The summed E-state index contributed by atoms with van der Waals surface area (Å²) in [6.45, 7) is 4.70. The maximum Gasteiger partial charge on any atom is 0.335 e. The van der Waals surface area contributed by atoms with E-state index in [4.69, 9.17) is 14.1 Å². The second kappa shape index (κ2) is 13.3. The zero-order chi connectivity index (χ0) is 27.7. The van der Waals surface area contributed by atoms with E-state index in [1.54, 1.807) is 61.0 Å². The number of aromatic nitrogens is 2. The van der Waals surface area contributed by atoms with Gasteiger partial charge in [-0.25, -0.2) is 4.39 Å². The molecular weight excluding hydrogens is 516 g/mol. The molecule has 0 spiro atoms. The molecule has 3 aromatic carbocycles. The number of amides is 1. The van der Waals surface area contributed by atoms with Gasteiger partial charge in [-0.05, 0) is 67.4 Å². The third-order valence-corrected chi connectivity index (χ3v) is 7.81. The van der Waals surface area contributed by atoms with Gasteiger partial charge in [0, 0.05) is 29.1 Å². The third-order valence-electron chi connectivity index (χ3n) is 5.76. The van der Waals surface area contributed by atoms with Crippen LogP contribution in [0.4, 0.5) is 10.1 Å². The fourth-order valence-corrected chi connectivity index (χ4v) is 5.73. The van der Waals surface area contributed by atoms with Crippen LogP contribution in [0, 0.1) is 5.82 Å². The smallest absolute Gasteiger partial charge is 0.323 e. The van der Waals surface area contributed by atoms with E-state index < -0.39 is 7.60 Å². The van der Waals surface area contributed by atoms with E-state index in [0.717, 1.165) is 22.3 Å². The summed E-state index contributed by atoms with van der Waals surface area (Å²) in [6.07, 6.45) is 5.14. The lowest BCUT2D eigenvalue weighted by Gasteiger charge is -2.17. The molecule has 0 unspecified atom stereocenters. The molecule has 0 atom stereocenters. The topological polar surface area (TPSA) is 82.5 Å². The molecule has 1 amide bonds. The number of anilines is 1. The van der Waals surface area contributed by atoms with Crippen molar-refractivity contribution in [2.75, 3.05) is 18.5 Å². The van der Waals surface area contributed by atoms with Crippen LogP contribution in [-0.4, -0.2) is 28.9 Å². The summed E-state index contributed by atoms with van der Waals surface area (Å²) in [4.78, 5) is 12.7. The van der Waals surface area contributed by atoms with E-state index in [1.165, 1.54) is 18.2 Å². The van der Waals surface area contributed by atoms with E-state index in [-0.39, 0.29) is 17.9 Å². The highest BCUT2D eigenvalue weighted by atomic mass is 31.2. The minimum atomic E-state index is -3.21. The van der Waals surface area contributed by atoms with Gasteiger partial charge in [-0.1, -0.05) is 42.5 Å². The summed E-state index contributed by atoms with van der Waals surface area (Å²) in [5.41, 5.74) is 4.58. The number of rotatable bonds is 12. The van der Waals surface area contributed by atoms with Gasteiger partial charge in [0.2, 0.25) is 5.91 Å². The van der Waals surface area contributed by atoms with E-state index in [2.05, 4.69) is 5.32 Å². The lowest BCUT2D eigenvalue weighted by molar-refractivity contribution is -0.111. The monoisotopic (exact) mass is 547 g/mol. The number of benzene rings is 3. The summed E-state index contributed by atoms with van der Waals surface area (Å²) >= 11 is 0. The van der Waals surface area contributed by atoms with Crippen molar-refractivity contribution in [1.29, 1.82) is 0 Å². The molecule has 9 heteroatoms. The first-order valence-corrected chi connectivity index (χ1v) is 14.4. The van der Waals surface area contributed by atoms with Gasteiger partial charge in [0.15, 0.2) is 0 Å². The summed E-state index contributed by atoms with van der Waals surface area (Å²) in [5.74, 6) is -0.651. The Morgan fingerprint density at radius 3 is 2.26 bits per heavy atom. The van der Waals surface area contributed by atoms with E-state index in [0.29, 0.717) is 31.1 Å². The fourth-order valence-electron chi connectivity index (χ4n) is 4.03. The molecule has 0 fully saturated rings. The Bertz CT molecular complexity index is 1440. The molecule has 0 saturated carbocycles. The molecule has 1 N–H and O–H groups in total. The second-order valence-corrected chi connectivity index (χ2v) is 10.8. The minimum absolute atomic E-state index is 0.155. The first kappa shape index (κ1) is 28.2. The Hall–Kier alpha value is -3.84. The zero-order valence-corrected chi connectivity index (χ0v) is 22.8. The van der Waals surface area contributed by atoms with E-state index in [9.17, 15) is 13.8 Å². The van der Waals surface area contributed by atoms with Crippen molar-refractivity contribution < 1.29 is 22.8 Å². The molecule has 0 radical (unpaired) electrons. The molecule has 0 aliphatic carbocycles. The Labute approximate surface area is 227 Å². The van der Waals surface area contributed by atoms with Crippen LogP contribution in [0.15, 0.2) is 91.1 Å². The van der Waals surface area contributed by atoms with Gasteiger partial charge in [0.1, 0.15) is 5.82 Å². The van der Waals surface area contributed by atoms with Crippen LogP contribution in [0.2, 0.25) is 0 Å². The Kier molecular flexibility index (Phi) is 9.60. The first-order chi connectivity index (χ1) is 18.9. The van der Waals surface area contributed by atoms with Gasteiger partial charge < -0.3 is 14.4 Å². The molecule has 0 aliphatic rings. The van der Waals surface area contributed by atoms with Crippen molar-refractivity contribution in [3.05, 3.63) is 114 Å². The average Bonchev–Trinajstić information content (AvgIpc) is 3.32. The van der Waals surface area contributed by atoms with Crippen LogP contribution in [0.5, 0.6) is 0 Å². The van der Waals surface area contributed by atoms with Crippen molar-refractivity contribution in [3.8, 4) is 11.3 Å². The quantitative estimate of drug-likeness (QED) is 0.150. The van der Waals surface area contributed by atoms with Gasteiger partial charge >= 0.3 is 7.60 Å². The minimum Gasteiger partial charge on any atom is -0.323 e. The molecule has 0 bridgehead atoms. The highest BCUT2D eigenvalue weighted by molar-refractivity contribution is 7.53. The van der Waals surface area contributed by atoms with Crippen molar-refractivity contribution in [2.24, 2.45) is 0 Å². The molecule has 7 nitrogen and oxygen atoms in total. The van der Waals surface area contributed by atoms with Crippen molar-refractivity contribution in [2.45, 2.75) is 26.6 Å². The standard InChI is InChI=1S/C30H31FN3O4P/c1-3-37-39(36,38-4-2)22-24-10-17-28(18-11-24)32-29(35)19-14-26-21-34(20-23-8-6-5-7-9-23)33-30(26)25-12-15-27(31)16-13-25/h5-19,21H,3-4,20,22H2,1-2H3,(H,32,35)/b19-14+. The maximum atomic E-state index is 13.5. The summed E-state index contributed by atoms with van der Waals surface area (Å²) in [6, 6.07) is 23.1. The van der Waals surface area contributed by atoms with Crippen LogP contribution in [0.25, 0.3) is 17.3 Å². The SMILES string of the molecule is CCOP(=O)(Cc1ccc(NC(=O)/C=C/c2cn(Cc3ccccc3)nc2-c2ccc(F)cc2)cc1)OCC. The number of hydrogen-bond acceptors (Lipinski definition) is 5. The second-order valence-electron chi connectivity index (χ2n) is 8.75. The predicted molar refractivity (Wildman–Crippen MR) is 152 cm³/mol. The van der Waals surface area contributed by atoms with Gasteiger partial charge in [0.25, 0.3) is 0 Å². The fraction of sp³-hybridized carbons (Fsp3) is 0.200. The van der Waals surface area contributed by atoms with Crippen molar-refractivity contribution >= 4 is 25.3 Å². The molecule has 1 aromatic heterocycles. The molecule has 4 rings (SSSR count). The molecular formula is C30H31FN3O4P. The van der Waals surface area contributed by atoms with Crippen molar-refractivity contribution in [1.82, 2.24) is 9.78 Å². The van der Waals surface area contributed by atoms with Crippen molar-refractivity contribution in [3.63, 3.8) is 0 Å². The molecule has 1 heterocycles. The molecule has 0 saturated heterocycles.